The van der Waals surface area contributed by atoms with Crippen molar-refractivity contribution in [2.24, 2.45) is 0 Å². The van der Waals surface area contributed by atoms with Crippen molar-refractivity contribution in [1.29, 1.82) is 0 Å². The van der Waals surface area contributed by atoms with Gasteiger partial charge in [0.05, 0.1) is 6.10 Å². The zero-order valence-corrected chi connectivity index (χ0v) is 6.01. The molecule has 0 heterocycles. The summed E-state index contributed by atoms with van der Waals surface area (Å²) in [4.78, 5) is 0. The van der Waals surface area contributed by atoms with Gasteiger partial charge in [0, 0.05) is 6.07 Å². The fourth-order valence-electron chi connectivity index (χ4n) is 0.858. The van der Waals surface area contributed by atoms with E-state index in [1.807, 2.05) is 0 Å². The predicted octanol–water partition coefficient (Wildman–Crippen LogP) is 2.17. The summed E-state index contributed by atoms with van der Waals surface area (Å²) < 4.78 is 18.0. The Kier molecular flexibility index (Phi) is 1.53. The maximum absolute atomic E-state index is 12.8. The van der Waals surface area contributed by atoms with E-state index < -0.39 is 0 Å². The van der Waals surface area contributed by atoms with Crippen molar-refractivity contribution in [3.8, 4) is 5.75 Å². The second kappa shape index (κ2) is 2.53. The van der Waals surface area contributed by atoms with Crippen LogP contribution >= 0.6 is 0 Å². The quantitative estimate of drug-likeness (QED) is 0.629. The van der Waals surface area contributed by atoms with E-state index in [1.54, 1.807) is 12.1 Å². The first kappa shape index (κ1) is 6.65. The number of ether oxygens (including phenoxy) is 1. The maximum Gasteiger partial charge on any atom is 0.172 e. The first-order chi connectivity index (χ1) is 5.36. The summed E-state index contributed by atoms with van der Waals surface area (Å²) in [6, 6.07) is 7.33. The van der Waals surface area contributed by atoms with Crippen molar-refractivity contribution in [3.63, 3.8) is 0 Å². The molecule has 2 rings (SSSR count). The molecule has 1 saturated carbocycles. The first-order valence-electron chi connectivity index (χ1n) is 3.69. The molecule has 1 nitrogen and oxygen atoms in total. The van der Waals surface area contributed by atoms with Crippen LogP contribution in [0.25, 0.3) is 0 Å². The molecule has 0 unspecified atom stereocenters. The Morgan fingerprint density at radius 3 is 3.00 bits per heavy atom. The van der Waals surface area contributed by atoms with Crippen LogP contribution in [0.4, 0.5) is 4.39 Å². The van der Waals surface area contributed by atoms with Gasteiger partial charge < -0.3 is 4.74 Å². The zero-order chi connectivity index (χ0) is 7.68. The fourth-order valence-corrected chi connectivity index (χ4v) is 0.858. The van der Waals surface area contributed by atoms with E-state index in [-0.39, 0.29) is 11.9 Å². The number of halogens is 1. The smallest absolute Gasteiger partial charge is 0.172 e. The maximum atomic E-state index is 12.8. The summed E-state index contributed by atoms with van der Waals surface area (Å²) >= 11 is 0. The van der Waals surface area contributed by atoms with E-state index in [4.69, 9.17) is 4.74 Å². The minimum absolute atomic E-state index is 0.250. The van der Waals surface area contributed by atoms with Gasteiger partial charge in [-0.2, -0.15) is 0 Å². The van der Waals surface area contributed by atoms with Crippen LogP contribution in [-0.4, -0.2) is 6.10 Å². The lowest BCUT2D eigenvalue weighted by Crippen LogP contribution is -1.97. The average Bonchev–Trinajstić information content (AvgIpc) is 2.78. The molecule has 11 heavy (non-hydrogen) atoms. The third-order valence-corrected chi connectivity index (χ3v) is 1.59. The van der Waals surface area contributed by atoms with E-state index in [9.17, 15) is 4.39 Å². The highest BCUT2D eigenvalue weighted by Gasteiger charge is 2.24. The largest absolute Gasteiger partial charge is 0.487 e. The Bertz CT molecular complexity index is 255. The number of benzene rings is 1. The van der Waals surface area contributed by atoms with Gasteiger partial charge >= 0.3 is 0 Å². The molecule has 1 aromatic carbocycles. The summed E-state index contributed by atoms with van der Waals surface area (Å²) in [5.74, 6) is -0.0607. The molecule has 0 aromatic heterocycles. The molecule has 1 aliphatic carbocycles. The average molecular weight is 151 g/mol. The normalized spacial score (nSPS) is 16.5. The third-order valence-electron chi connectivity index (χ3n) is 1.59. The van der Waals surface area contributed by atoms with Crippen molar-refractivity contribution < 1.29 is 9.13 Å². The SMILES string of the molecule is Fc1[c]cccc1OC1CC1. The Labute approximate surface area is 64.8 Å². The minimum Gasteiger partial charge on any atom is -0.487 e. The summed E-state index contributed by atoms with van der Waals surface area (Å²) in [7, 11) is 0. The van der Waals surface area contributed by atoms with Gasteiger partial charge in [-0.05, 0) is 18.9 Å². The van der Waals surface area contributed by atoms with Gasteiger partial charge in [0.25, 0.3) is 0 Å². The molecule has 57 valence electrons. The molecule has 0 N–H and O–H groups in total. The predicted molar refractivity (Wildman–Crippen MR) is 38.9 cm³/mol. The van der Waals surface area contributed by atoms with Gasteiger partial charge in [0.15, 0.2) is 11.6 Å². The summed E-state index contributed by atoms with van der Waals surface area (Å²) in [5, 5.41) is 0. The highest BCUT2D eigenvalue weighted by Crippen LogP contribution is 2.27. The summed E-state index contributed by atoms with van der Waals surface area (Å²) in [5.41, 5.74) is 0. The highest BCUT2D eigenvalue weighted by molar-refractivity contribution is 5.23. The van der Waals surface area contributed by atoms with Gasteiger partial charge in [0.1, 0.15) is 0 Å². The van der Waals surface area contributed by atoms with Crippen molar-refractivity contribution in [3.05, 3.63) is 30.1 Å². The second-order valence-corrected chi connectivity index (χ2v) is 2.67. The zero-order valence-electron chi connectivity index (χ0n) is 6.01. The van der Waals surface area contributed by atoms with Crippen molar-refractivity contribution in [1.82, 2.24) is 0 Å². The molecule has 0 saturated heterocycles. The van der Waals surface area contributed by atoms with Gasteiger partial charge in [-0.1, -0.05) is 12.1 Å². The number of hydrogen-bond acceptors (Lipinski definition) is 1. The molecule has 1 fully saturated rings. The molecule has 0 bridgehead atoms. The summed E-state index contributed by atoms with van der Waals surface area (Å²) in [6.45, 7) is 0. The van der Waals surface area contributed by atoms with E-state index in [1.165, 1.54) is 6.07 Å². The van der Waals surface area contributed by atoms with Crippen LogP contribution in [0.1, 0.15) is 12.8 Å². The molecular weight excluding hydrogens is 143 g/mol. The van der Waals surface area contributed by atoms with Crippen molar-refractivity contribution in [2.75, 3.05) is 0 Å². The molecular formula is C9H8FO. The Hall–Kier alpha value is -1.05. The second-order valence-electron chi connectivity index (χ2n) is 2.67. The van der Waals surface area contributed by atoms with Crippen LogP contribution in [0.5, 0.6) is 5.75 Å². The van der Waals surface area contributed by atoms with Crippen LogP contribution < -0.4 is 4.74 Å². The van der Waals surface area contributed by atoms with Crippen molar-refractivity contribution >= 4 is 0 Å². The third kappa shape index (κ3) is 1.50. The van der Waals surface area contributed by atoms with E-state index >= 15 is 0 Å². The van der Waals surface area contributed by atoms with E-state index in [0.29, 0.717) is 5.75 Å². The van der Waals surface area contributed by atoms with Gasteiger partial charge in [-0.3, -0.25) is 0 Å². The van der Waals surface area contributed by atoms with Crippen molar-refractivity contribution in [2.45, 2.75) is 18.9 Å². The monoisotopic (exact) mass is 151 g/mol. The first-order valence-corrected chi connectivity index (χ1v) is 3.69. The number of rotatable bonds is 2. The molecule has 0 amide bonds. The van der Waals surface area contributed by atoms with E-state index in [2.05, 4.69) is 6.07 Å². The van der Waals surface area contributed by atoms with Crippen LogP contribution in [0.15, 0.2) is 18.2 Å². The lowest BCUT2D eigenvalue weighted by Gasteiger charge is -2.03. The Balaban J connectivity index is 2.15. The molecule has 0 atom stereocenters. The van der Waals surface area contributed by atoms with E-state index in [0.717, 1.165) is 12.8 Å². The van der Waals surface area contributed by atoms with Gasteiger partial charge in [-0.25, -0.2) is 4.39 Å². The van der Waals surface area contributed by atoms with Crippen LogP contribution in [-0.2, 0) is 0 Å². The Morgan fingerprint density at radius 1 is 1.55 bits per heavy atom. The summed E-state index contributed by atoms with van der Waals surface area (Å²) in [6.07, 6.45) is 2.35. The molecule has 0 spiro atoms. The van der Waals surface area contributed by atoms with Gasteiger partial charge in [0.2, 0.25) is 0 Å². The number of hydrogen-bond donors (Lipinski definition) is 0. The molecule has 0 aliphatic heterocycles. The van der Waals surface area contributed by atoms with Crippen LogP contribution in [0, 0.1) is 11.9 Å². The molecule has 1 aromatic rings. The molecule has 2 heteroatoms. The lowest BCUT2D eigenvalue weighted by molar-refractivity contribution is 0.287. The standard InChI is InChI=1S/C9H8FO/c10-8-3-1-2-4-9(8)11-7-5-6-7/h1-2,4,7H,5-6H2. The topological polar surface area (TPSA) is 9.23 Å². The molecule has 1 aliphatic rings. The molecule has 1 radical (unpaired) electrons. The highest BCUT2D eigenvalue weighted by atomic mass is 19.1. The fraction of sp³-hybridized carbons (Fsp3) is 0.333. The Morgan fingerprint density at radius 2 is 2.36 bits per heavy atom. The van der Waals surface area contributed by atoms with Crippen LogP contribution in [0.2, 0.25) is 0 Å². The van der Waals surface area contributed by atoms with Gasteiger partial charge in [-0.15, -0.1) is 0 Å². The minimum atomic E-state index is -0.389. The van der Waals surface area contributed by atoms with Crippen LogP contribution in [0.3, 0.4) is 0 Å². The lowest BCUT2D eigenvalue weighted by atomic mass is 10.3.